The van der Waals surface area contributed by atoms with Crippen LogP contribution in [0.4, 0.5) is 5.69 Å². The highest BCUT2D eigenvalue weighted by Crippen LogP contribution is 2.34. The van der Waals surface area contributed by atoms with Crippen LogP contribution in [-0.4, -0.2) is 9.97 Å². The van der Waals surface area contributed by atoms with Crippen LogP contribution in [0.3, 0.4) is 0 Å². The van der Waals surface area contributed by atoms with E-state index in [1.807, 2.05) is 12.1 Å². The second-order valence-corrected chi connectivity index (χ2v) is 5.10. The van der Waals surface area contributed by atoms with Gasteiger partial charge in [-0.05, 0) is 47.3 Å². The summed E-state index contributed by atoms with van der Waals surface area (Å²) < 4.78 is 6.72. The molecular weight excluding hydrogens is 294 g/mol. The van der Waals surface area contributed by atoms with Crippen LogP contribution in [0.25, 0.3) is 0 Å². The lowest BCUT2D eigenvalue weighted by Crippen LogP contribution is -1.97. The Morgan fingerprint density at radius 2 is 2.11 bits per heavy atom. The van der Waals surface area contributed by atoms with Gasteiger partial charge in [0.25, 0.3) is 0 Å². The number of nitrogen functional groups attached to an aromatic ring is 1. The number of ether oxygens (including phenoxy) is 1. The van der Waals surface area contributed by atoms with E-state index < -0.39 is 0 Å². The number of hydrogen-bond donors (Lipinski definition) is 1. The number of benzene rings is 1. The van der Waals surface area contributed by atoms with Gasteiger partial charge in [0.15, 0.2) is 0 Å². The lowest BCUT2D eigenvalue weighted by Gasteiger charge is -2.10. The van der Waals surface area contributed by atoms with Gasteiger partial charge < -0.3 is 10.5 Å². The van der Waals surface area contributed by atoms with Gasteiger partial charge in [0.2, 0.25) is 5.88 Å². The molecule has 0 aliphatic heterocycles. The lowest BCUT2D eigenvalue weighted by molar-refractivity contribution is 0.453. The van der Waals surface area contributed by atoms with E-state index in [0.717, 1.165) is 35.0 Å². The molecule has 0 spiro atoms. The Hall–Kier alpha value is -1.62. The van der Waals surface area contributed by atoms with Crippen molar-refractivity contribution in [2.24, 2.45) is 0 Å². The molecule has 2 aromatic rings. The fourth-order valence-electron chi connectivity index (χ4n) is 2.12. The van der Waals surface area contributed by atoms with Crippen LogP contribution in [0.1, 0.15) is 17.7 Å². The van der Waals surface area contributed by atoms with E-state index in [2.05, 4.69) is 25.9 Å². The first-order valence-electron chi connectivity index (χ1n) is 5.79. The quantitative estimate of drug-likeness (QED) is 0.866. The third kappa shape index (κ3) is 2.06. The molecule has 0 radical (unpaired) electrons. The number of nitrogens with zero attached hydrogens (tertiary/aromatic N) is 2. The molecule has 0 fully saturated rings. The number of rotatable bonds is 2. The van der Waals surface area contributed by atoms with Crippen LogP contribution in [0, 0.1) is 0 Å². The van der Waals surface area contributed by atoms with E-state index in [4.69, 9.17) is 10.5 Å². The third-order valence-electron chi connectivity index (χ3n) is 3.00. The van der Waals surface area contributed by atoms with Gasteiger partial charge in [-0.15, -0.1) is 0 Å². The first kappa shape index (κ1) is 11.5. The molecule has 1 aromatic heterocycles. The molecule has 18 heavy (non-hydrogen) atoms. The van der Waals surface area contributed by atoms with E-state index in [1.165, 1.54) is 0 Å². The number of aryl methyl sites for hydroxylation is 1. The molecule has 4 nitrogen and oxygen atoms in total. The maximum atomic E-state index is 5.85. The summed E-state index contributed by atoms with van der Waals surface area (Å²) in [6, 6.07) is 5.47. The summed E-state index contributed by atoms with van der Waals surface area (Å²) in [7, 11) is 0. The van der Waals surface area contributed by atoms with Crippen molar-refractivity contribution in [3.05, 3.63) is 40.3 Å². The largest absolute Gasteiger partial charge is 0.437 e. The van der Waals surface area contributed by atoms with E-state index in [0.29, 0.717) is 17.3 Å². The molecule has 2 N–H and O–H groups in total. The van der Waals surface area contributed by atoms with Crippen LogP contribution in [0.5, 0.6) is 11.6 Å². The van der Waals surface area contributed by atoms with Gasteiger partial charge in [0.05, 0.1) is 10.2 Å². The number of aromatic nitrogens is 2. The van der Waals surface area contributed by atoms with E-state index in [9.17, 15) is 0 Å². The topological polar surface area (TPSA) is 61.0 Å². The van der Waals surface area contributed by atoms with E-state index >= 15 is 0 Å². The highest BCUT2D eigenvalue weighted by molar-refractivity contribution is 9.10. The molecule has 0 saturated carbocycles. The summed E-state index contributed by atoms with van der Waals surface area (Å²) in [5, 5.41) is 0. The SMILES string of the molecule is Nc1ccc(Br)c(Oc2ncnc3c2CCC3)c1. The van der Waals surface area contributed by atoms with Crippen molar-refractivity contribution in [1.82, 2.24) is 9.97 Å². The zero-order valence-electron chi connectivity index (χ0n) is 9.69. The molecule has 0 atom stereocenters. The Kier molecular flexibility index (Phi) is 2.91. The highest BCUT2D eigenvalue weighted by atomic mass is 79.9. The van der Waals surface area contributed by atoms with Gasteiger partial charge in [-0.2, -0.15) is 0 Å². The minimum Gasteiger partial charge on any atom is -0.437 e. The summed E-state index contributed by atoms with van der Waals surface area (Å²) in [5.41, 5.74) is 8.64. The maximum Gasteiger partial charge on any atom is 0.225 e. The summed E-state index contributed by atoms with van der Waals surface area (Å²) in [6.07, 6.45) is 4.65. The standard InChI is InChI=1S/C13H12BrN3O/c14-10-5-4-8(15)6-12(10)18-13-9-2-1-3-11(9)16-7-17-13/h4-7H,1-3,15H2. The Morgan fingerprint density at radius 3 is 3.00 bits per heavy atom. The number of hydrogen-bond acceptors (Lipinski definition) is 4. The fraction of sp³-hybridized carbons (Fsp3) is 0.231. The number of halogens is 1. The highest BCUT2D eigenvalue weighted by Gasteiger charge is 2.19. The molecule has 1 aliphatic carbocycles. The maximum absolute atomic E-state index is 5.85. The normalized spacial score (nSPS) is 13.4. The number of anilines is 1. The Morgan fingerprint density at radius 1 is 1.22 bits per heavy atom. The van der Waals surface area contributed by atoms with Crippen molar-refractivity contribution in [2.75, 3.05) is 5.73 Å². The number of nitrogens with two attached hydrogens (primary N) is 1. The van der Waals surface area contributed by atoms with Gasteiger partial charge in [0, 0.05) is 17.3 Å². The summed E-state index contributed by atoms with van der Waals surface area (Å²) in [6.45, 7) is 0. The smallest absolute Gasteiger partial charge is 0.225 e. The zero-order chi connectivity index (χ0) is 12.5. The van der Waals surface area contributed by atoms with Crippen molar-refractivity contribution < 1.29 is 4.74 Å². The monoisotopic (exact) mass is 305 g/mol. The molecular formula is C13H12BrN3O. The molecule has 0 bridgehead atoms. The van der Waals surface area contributed by atoms with Crippen molar-refractivity contribution in [3.8, 4) is 11.6 Å². The van der Waals surface area contributed by atoms with Crippen molar-refractivity contribution in [2.45, 2.75) is 19.3 Å². The minimum absolute atomic E-state index is 0.642. The van der Waals surface area contributed by atoms with E-state index in [1.54, 1.807) is 12.4 Å². The van der Waals surface area contributed by atoms with Crippen LogP contribution in [0.15, 0.2) is 29.0 Å². The van der Waals surface area contributed by atoms with Gasteiger partial charge in [-0.25, -0.2) is 9.97 Å². The molecule has 0 saturated heterocycles. The molecule has 3 rings (SSSR count). The van der Waals surface area contributed by atoms with Gasteiger partial charge in [-0.1, -0.05) is 0 Å². The summed E-state index contributed by atoms with van der Waals surface area (Å²) in [4.78, 5) is 8.50. The van der Waals surface area contributed by atoms with Crippen LogP contribution < -0.4 is 10.5 Å². The zero-order valence-corrected chi connectivity index (χ0v) is 11.3. The fourth-order valence-corrected chi connectivity index (χ4v) is 2.45. The summed E-state index contributed by atoms with van der Waals surface area (Å²) in [5.74, 6) is 1.33. The van der Waals surface area contributed by atoms with Crippen LogP contribution in [0.2, 0.25) is 0 Å². The molecule has 0 amide bonds. The first-order chi connectivity index (χ1) is 8.74. The van der Waals surface area contributed by atoms with Gasteiger partial charge in [0.1, 0.15) is 12.1 Å². The molecule has 1 aliphatic rings. The molecule has 92 valence electrons. The Balaban J connectivity index is 1.98. The van der Waals surface area contributed by atoms with Crippen LogP contribution in [-0.2, 0) is 12.8 Å². The lowest BCUT2D eigenvalue weighted by atomic mass is 10.2. The second kappa shape index (κ2) is 4.57. The molecule has 0 unspecified atom stereocenters. The van der Waals surface area contributed by atoms with Crippen molar-refractivity contribution >= 4 is 21.6 Å². The van der Waals surface area contributed by atoms with Crippen molar-refractivity contribution in [1.29, 1.82) is 0 Å². The third-order valence-corrected chi connectivity index (χ3v) is 3.65. The van der Waals surface area contributed by atoms with Gasteiger partial charge >= 0.3 is 0 Å². The summed E-state index contributed by atoms with van der Waals surface area (Å²) >= 11 is 3.44. The molecule has 5 heteroatoms. The average Bonchev–Trinajstić information content (AvgIpc) is 2.83. The van der Waals surface area contributed by atoms with E-state index in [-0.39, 0.29) is 0 Å². The molecule has 1 aromatic carbocycles. The van der Waals surface area contributed by atoms with Crippen LogP contribution >= 0.6 is 15.9 Å². The minimum atomic E-state index is 0.642. The second-order valence-electron chi connectivity index (χ2n) is 4.25. The first-order valence-corrected chi connectivity index (χ1v) is 6.59. The van der Waals surface area contributed by atoms with Gasteiger partial charge in [-0.3, -0.25) is 0 Å². The predicted octanol–water partition coefficient (Wildman–Crippen LogP) is 3.10. The van der Waals surface area contributed by atoms with Crippen molar-refractivity contribution in [3.63, 3.8) is 0 Å². The predicted molar refractivity (Wildman–Crippen MR) is 72.7 cm³/mol. The Labute approximate surface area is 113 Å². The average molecular weight is 306 g/mol. The number of fused-ring (bicyclic) bond motifs is 1. The molecule has 1 heterocycles. The Bertz CT molecular complexity index is 601.